The number of benzene rings is 2. The van der Waals surface area contributed by atoms with E-state index in [0.717, 1.165) is 5.39 Å². The highest BCUT2D eigenvalue weighted by Gasteiger charge is 2.31. The topological polar surface area (TPSA) is 51.7 Å². The van der Waals surface area contributed by atoms with E-state index in [-0.39, 0.29) is 17.8 Å². The van der Waals surface area contributed by atoms with Gasteiger partial charge in [-0.2, -0.15) is 0 Å². The average Bonchev–Trinajstić information content (AvgIpc) is 2.72. The molecule has 30 heavy (non-hydrogen) atoms. The molecule has 4 rings (SSSR count). The van der Waals surface area contributed by atoms with Crippen molar-refractivity contribution in [1.82, 2.24) is 9.88 Å². The molecule has 1 fully saturated rings. The second kappa shape index (κ2) is 8.22. The van der Waals surface area contributed by atoms with Gasteiger partial charge in [0, 0.05) is 43.6 Å². The molecule has 1 amide bonds. The van der Waals surface area contributed by atoms with Gasteiger partial charge < -0.3 is 14.4 Å². The van der Waals surface area contributed by atoms with Crippen molar-refractivity contribution in [2.45, 2.75) is 25.3 Å². The zero-order chi connectivity index (χ0) is 21.1. The zero-order valence-electron chi connectivity index (χ0n) is 15.9. The van der Waals surface area contributed by atoms with E-state index >= 15 is 0 Å². The molecule has 0 aliphatic carbocycles. The minimum absolute atomic E-state index is 0.0849. The standard InChI is InChI=1S/C22H19F3N2O3/c23-22(24,25)30-18-7-2-6-17(14-18)29-16-9-12-27(13-10-16)21(28)19-8-1-4-15-5-3-11-26-20(15)19/h1-8,11,14,16H,9-10,12-13H2. The van der Waals surface area contributed by atoms with Gasteiger partial charge >= 0.3 is 6.36 Å². The van der Waals surface area contributed by atoms with Gasteiger partial charge in [0.25, 0.3) is 5.91 Å². The lowest BCUT2D eigenvalue weighted by Crippen LogP contribution is -2.41. The summed E-state index contributed by atoms with van der Waals surface area (Å²) >= 11 is 0. The van der Waals surface area contributed by atoms with Gasteiger partial charge in [-0.3, -0.25) is 9.78 Å². The smallest absolute Gasteiger partial charge is 0.490 e. The Morgan fingerprint density at radius 3 is 2.47 bits per heavy atom. The molecule has 156 valence electrons. The van der Waals surface area contributed by atoms with E-state index in [4.69, 9.17) is 4.74 Å². The number of hydrogen-bond acceptors (Lipinski definition) is 4. The van der Waals surface area contributed by atoms with Gasteiger partial charge in [0.05, 0.1) is 11.1 Å². The summed E-state index contributed by atoms with van der Waals surface area (Å²) in [5, 5.41) is 0.905. The number of ether oxygens (including phenoxy) is 2. The van der Waals surface area contributed by atoms with Crippen molar-refractivity contribution in [3.63, 3.8) is 0 Å². The van der Waals surface area contributed by atoms with E-state index in [9.17, 15) is 18.0 Å². The van der Waals surface area contributed by atoms with Crippen LogP contribution in [0.2, 0.25) is 0 Å². The number of piperidine rings is 1. The summed E-state index contributed by atoms with van der Waals surface area (Å²) in [5.74, 6) is -0.103. The average molecular weight is 416 g/mol. The SMILES string of the molecule is O=C(c1cccc2cccnc12)N1CCC(Oc2cccc(OC(F)(F)F)c2)CC1. The van der Waals surface area contributed by atoms with E-state index in [0.29, 0.717) is 42.8 Å². The molecule has 2 heterocycles. The highest BCUT2D eigenvalue weighted by atomic mass is 19.4. The fourth-order valence-electron chi connectivity index (χ4n) is 3.56. The van der Waals surface area contributed by atoms with Crippen molar-refractivity contribution >= 4 is 16.8 Å². The second-order valence-corrected chi connectivity index (χ2v) is 7.01. The summed E-state index contributed by atoms with van der Waals surface area (Å²) < 4.78 is 46.9. The number of hydrogen-bond donors (Lipinski definition) is 0. The minimum atomic E-state index is -4.75. The monoisotopic (exact) mass is 416 g/mol. The van der Waals surface area contributed by atoms with Crippen LogP contribution in [-0.2, 0) is 0 Å². The van der Waals surface area contributed by atoms with Crippen LogP contribution in [0.25, 0.3) is 10.9 Å². The third-order valence-electron chi connectivity index (χ3n) is 4.93. The lowest BCUT2D eigenvalue weighted by molar-refractivity contribution is -0.274. The van der Waals surface area contributed by atoms with Crippen LogP contribution in [0.5, 0.6) is 11.5 Å². The number of halogens is 3. The minimum Gasteiger partial charge on any atom is -0.490 e. The fourth-order valence-corrected chi connectivity index (χ4v) is 3.56. The molecule has 1 saturated heterocycles. The molecular formula is C22H19F3N2O3. The van der Waals surface area contributed by atoms with Crippen LogP contribution in [0.4, 0.5) is 13.2 Å². The van der Waals surface area contributed by atoms with Crippen molar-refractivity contribution in [1.29, 1.82) is 0 Å². The molecule has 0 atom stereocenters. The zero-order valence-corrected chi connectivity index (χ0v) is 15.9. The molecule has 1 aliphatic rings. The number of amides is 1. The normalized spacial score (nSPS) is 15.2. The quantitative estimate of drug-likeness (QED) is 0.612. The number of fused-ring (bicyclic) bond motifs is 1. The first-order valence-corrected chi connectivity index (χ1v) is 9.54. The molecule has 8 heteroatoms. The van der Waals surface area contributed by atoms with E-state index in [1.54, 1.807) is 23.2 Å². The van der Waals surface area contributed by atoms with Crippen LogP contribution < -0.4 is 9.47 Å². The number of likely N-dealkylation sites (tertiary alicyclic amines) is 1. The van der Waals surface area contributed by atoms with E-state index in [1.807, 2.05) is 24.3 Å². The Kier molecular flexibility index (Phi) is 5.48. The summed E-state index contributed by atoms with van der Waals surface area (Å²) in [5.41, 5.74) is 1.23. The molecule has 1 aliphatic heterocycles. The predicted molar refractivity (Wildman–Crippen MR) is 104 cm³/mol. The number of para-hydroxylation sites is 1. The first-order chi connectivity index (χ1) is 14.4. The first kappa shape index (κ1) is 20.0. The molecule has 0 spiro atoms. The van der Waals surface area contributed by atoms with Crippen molar-refractivity contribution in [2.75, 3.05) is 13.1 Å². The Bertz CT molecular complexity index is 1040. The number of carbonyl (C=O) groups is 1. The highest BCUT2D eigenvalue weighted by Crippen LogP contribution is 2.28. The largest absolute Gasteiger partial charge is 0.573 e. The predicted octanol–water partition coefficient (Wildman–Crippen LogP) is 4.82. The Morgan fingerprint density at radius 2 is 1.70 bits per heavy atom. The third-order valence-corrected chi connectivity index (χ3v) is 4.93. The molecule has 2 aromatic carbocycles. The maximum Gasteiger partial charge on any atom is 0.573 e. The molecule has 1 aromatic heterocycles. The summed E-state index contributed by atoms with van der Waals surface area (Å²) in [7, 11) is 0. The maximum absolute atomic E-state index is 13.0. The van der Waals surface area contributed by atoms with E-state index < -0.39 is 6.36 Å². The summed E-state index contributed by atoms with van der Waals surface area (Å²) in [6.45, 7) is 0.983. The number of rotatable bonds is 4. The summed E-state index contributed by atoms with van der Waals surface area (Å²) in [6, 6.07) is 14.7. The van der Waals surface area contributed by atoms with Crippen LogP contribution >= 0.6 is 0 Å². The van der Waals surface area contributed by atoms with Gasteiger partial charge in [-0.25, -0.2) is 0 Å². The van der Waals surface area contributed by atoms with Gasteiger partial charge in [-0.15, -0.1) is 13.2 Å². The third kappa shape index (κ3) is 4.64. The van der Waals surface area contributed by atoms with E-state index in [1.165, 1.54) is 18.2 Å². The molecular weight excluding hydrogens is 397 g/mol. The van der Waals surface area contributed by atoms with Gasteiger partial charge in [-0.05, 0) is 24.3 Å². The lowest BCUT2D eigenvalue weighted by Gasteiger charge is -2.32. The molecule has 0 saturated carbocycles. The van der Waals surface area contributed by atoms with Crippen LogP contribution in [0, 0.1) is 0 Å². The molecule has 0 unspecified atom stereocenters. The van der Waals surface area contributed by atoms with Crippen LogP contribution in [0.3, 0.4) is 0 Å². The van der Waals surface area contributed by atoms with Gasteiger partial charge in [0.15, 0.2) is 0 Å². The van der Waals surface area contributed by atoms with Gasteiger partial charge in [-0.1, -0.05) is 24.3 Å². The van der Waals surface area contributed by atoms with Crippen LogP contribution in [-0.4, -0.2) is 41.3 Å². The Balaban J connectivity index is 1.38. The lowest BCUT2D eigenvalue weighted by atomic mass is 10.0. The van der Waals surface area contributed by atoms with Crippen molar-refractivity contribution in [2.24, 2.45) is 0 Å². The number of pyridine rings is 1. The molecule has 0 bridgehead atoms. The Morgan fingerprint density at radius 1 is 1.00 bits per heavy atom. The number of carbonyl (C=O) groups excluding carboxylic acids is 1. The van der Waals surface area contributed by atoms with E-state index in [2.05, 4.69) is 9.72 Å². The number of nitrogens with zero attached hydrogens (tertiary/aromatic N) is 2. The highest BCUT2D eigenvalue weighted by molar-refractivity contribution is 6.05. The molecule has 5 nitrogen and oxygen atoms in total. The van der Waals surface area contributed by atoms with Crippen molar-refractivity contribution in [3.8, 4) is 11.5 Å². The summed E-state index contributed by atoms with van der Waals surface area (Å²) in [6.07, 6.45) is -2.13. The first-order valence-electron chi connectivity index (χ1n) is 9.54. The maximum atomic E-state index is 13.0. The van der Waals surface area contributed by atoms with Crippen LogP contribution in [0.1, 0.15) is 23.2 Å². The summed E-state index contributed by atoms with van der Waals surface area (Å²) in [4.78, 5) is 19.1. The van der Waals surface area contributed by atoms with Crippen LogP contribution in [0.15, 0.2) is 60.8 Å². The Labute approximate surface area is 171 Å². The van der Waals surface area contributed by atoms with Gasteiger partial charge in [0.1, 0.15) is 17.6 Å². The van der Waals surface area contributed by atoms with Crippen molar-refractivity contribution in [3.05, 3.63) is 66.4 Å². The Hall–Kier alpha value is -3.29. The molecule has 3 aromatic rings. The fraction of sp³-hybridized carbons (Fsp3) is 0.273. The van der Waals surface area contributed by atoms with Gasteiger partial charge in [0.2, 0.25) is 0 Å². The number of aromatic nitrogens is 1. The van der Waals surface area contributed by atoms with Crippen molar-refractivity contribution < 1.29 is 27.4 Å². The second-order valence-electron chi connectivity index (χ2n) is 7.01. The molecule has 0 N–H and O–H groups in total. The molecule has 0 radical (unpaired) electrons. The number of alkyl halides is 3.